The van der Waals surface area contributed by atoms with Crippen molar-refractivity contribution in [3.8, 4) is 0 Å². The van der Waals surface area contributed by atoms with Crippen molar-refractivity contribution in [1.82, 2.24) is 15.1 Å². The van der Waals surface area contributed by atoms with E-state index in [9.17, 15) is 9.59 Å². The first-order chi connectivity index (χ1) is 9.00. The number of carbonyl (C=O) groups is 1. The molecule has 0 spiro atoms. The van der Waals surface area contributed by atoms with Gasteiger partial charge in [0.15, 0.2) is 0 Å². The minimum atomic E-state index is -0.384. The molecule has 1 saturated heterocycles. The first-order valence-electron chi connectivity index (χ1n) is 6.20. The van der Waals surface area contributed by atoms with Gasteiger partial charge in [-0.25, -0.2) is 5.10 Å². The van der Waals surface area contributed by atoms with Gasteiger partial charge >= 0.3 is 0 Å². The van der Waals surface area contributed by atoms with E-state index < -0.39 is 0 Å². The number of aromatic amines is 1. The lowest BCUT2D eigenvalue weighted by atomic mass is 9.95. The average Bonchev–Trinajstić information content (AvgIpc) is 2.41. The number of rotatable bonds is 2. The molecule has 1 aromatic heterocycles. The summed E-state index contributed by atoms with van der Waals surface area (Å²) in [4.78, 5) is 26.9. The normalized spacial score (nSPS) is 16.5. The second kappa shape index (κ2) is 5.61. The number of nitrogens with zero attached hydrogens (tertiary/aromatic N) is 3. The van der Waals surface area contributed by atoms with Crippen molar-refractivity contribution >= 4 is 23.2 Å². The summed E-state index contributed by atoms with van der Waals surface area (Å²) in [7, 11) is 3.54. The molecule has 0 bridgehead atoms. The Balaban J connectivity index is 2.06. The van der Waals surface area contributed by atoms with E-state index in [-0.39, 0.29) is 22.4 Å². The van der Waals surface area contributed by atoms with Crippen molar-refractivity contribution in [2.45, 2.75) is 12.8 Å². The third-order valence-corrected chi connectivity index (χ3v) is 3.77. The lowest BCUT2D eigenvalue weighted by Gasteiger charge is -2.33. The molecule has 19 heavy (non-hydrogen) atoms. The number of anilines is 1. The molecule has 1 fully saturated rings. The molecule has 0 aliphatic carbocycles. The van der Waals surface area contributed by atoms with Gasteiger partial charge in [-0.3, -0.25) is 9.59 Å². The van der Waals surface area contributed by atoms with Crippen LogP contribution in [-0.4, -0.2) is 48.2 Å². The van der Waals surface area contributed by atoms with Crippen molar-refractivity contribution < 1.29 is 4.79 Å². The Morgan fingerprint density at radius 1 is 1.47 bits per heavy atom. The molecule has 1 amide bonds. The predicted octanol–water partition coefficient (Wildman–Crippen LogP) is 0.728. The summed E-state index contributed by atoms with van der Waals surface area (Å²) in [6.07, 6.45) is 3.08. The molecule has 2 rings (SSSR count). The topological polar surface area (TPSA) is 69.3 Å². The summed E-state index contributed by atoms with van der Waals surface area (Å²) in [6.45, 7) is 1.41. The Labute approximate surface area is 116 Å². The van der Waals surface area contributed by atoms with Crippen LogP contribution >= 0.6 is 11.6 Å². The highest BCUT2D eigenvalue weighted by Crippen LogP contribution is 2.26. The summed E-state index contributed by atoms with van der Waals surface area (Å²) < 4.78 is 0. The van der Waals surface area contributed by atoms with Crippen LogP contribution in [-0.2, 0) is 4.79 Å². The minimum Gasteiger partial charge on any atom is -0.369 e. The van der Waals surface area contributed by atoms with Crippen LogP contribution in [0.4, 0.5) is 5.69 Å². The summed E-state index contributed by atoms with van der Waals surface area (Å²) in [5.74, 6) is 0.217. The first kappa shape index (κ1) is 13.9. The molecule has 1 aliphatic rings. The summed E-state index contributed by atoms with van der Waals surface area (Å²) >= 11 is 5.98. The summed E-state index contributed by atoms with van der Waals surface area (Å²) in [5.41, 5.74) is 0.256. The van der Waals surface area contributed by atoms with E-state index in [0.29, 0.717) is 18.8 Å². The van der Waals surface area contributed by atoms with E-state index >= 15 is 0 Å². The van der Waals surface area contributed by atoms with Gasteiger partial charge in [0.25, 0.3) is 5.56 Å². The maximum atomic E-state index is 11.9. The zero-order valence-corrected chi connectivity index (χ0v) is 11.8. The second-order valence-electron chi connectivity index (χ2n) is 4.89. The second-order valence-corrected chi connectivity index (χ2v) is 5.27. The number of H-pyrrole nitrogens is 1. The molecule has 2 heterocycles. The van der Waals surface area contributed by atoms with Crippen molar-refractivity contribution in [3.63, 3.8) is 0 Å². The number of hydrogen-bond acceptors (Lipinski definition) is 4. The Morgan fingerprint density at radius 2 is 2.11 bits per heavy atom. The van der Waals surface area contributed by atoms with Crippen LogP contribution < -0.4 is 10.5 Å². The molecule has 104 valence electrons. The number of aromatic nitrogens is 2. The van der Waals surface area contributed by atoms with Crippen LogP contribution in [0.3, 0.4) is 0 Å². The van der Waals surface area contributed by atoms with Gasteiger partial charge in [0.05, 0.1) is 11.9 Å². The van der Waals surface area contributed by atoms with Crippen molar-refractivity contribution in [3.05, 3.63) is 21.6 Å². The molecule has 0 radical (unpaired) electrons. The van der Waals surface area contributed by atoms with Crippen LogP contribution in [0.25, 0.3) is 0 Å². The van der Waals surface area contributed by atoms with E-state index in [0.717, 1.165) is 12.8 Å². The van der Waals surface area contributed by atoms with Crippen LogP contribution in [0.2, 0.25) is 5.02 Å². The Morgan fingerprint density at radius 3 is 2.68 bits per heavy atom. The third-order valence-electron chi connectivity index (χ3n) is 3.40. The van der Waals surface area contributed by atoms with Gasteiger partial charge in [0, 0.05) is 33.1 Å². The minimum absolute atomic E-state index is 0.0555. The zero-order valence-electron chi connectivity index (χ0n) is 11.0. The fraction of sp³-hybridized carbons (Fsp3) is 0.583. The van der Waals surface area contributed by atoms with Crippen molar-refractivity contribution in [1.29, 1.82) is 0 Å². The smallest absolute Gasteiger partial charge is 0.285 e. The van der Waals surface area contributed by atoms with Gasteiger partial charge in [-0.2, -0.15) is 5.10 Å². The average molecular weight is 285 g/mol. The maximum Gasteiger partial charge on any atom is 0.285 e. The van der Waals surface area contributed by atoms with Crippen LogP contribution in [0.15, 0.2) is 11.0 Å². The SMILES string of the molecule is CN(C)C(=O)C1CCN(c2cn[nH]c(=O)c2Cl)CC1. The molecule has 6 nitrogen and oxygen atoms in total. The van der Waals surface area contributed by atoms with E-state index in [4.69, 9.17) is 11.6 Å². The number of carbonyl (C=O) groups excluding carboxylic acids is 1. The monoisotopic (exact) mass is 284 g/mol. The molecule has 0 saturated carbocycles. The summed E-state index contributed by atoms with van der Waals surface area (Å²) in [5, 5.41) is 6.22. The zero-order chi connectivity index (χ0) is 14.0. The molecule has 0 unspecified atom stereocenters. The van der Waals surface area contributed by atoms with E-state index in [1.165, 1.54) is 0 Å². The van der Waals surface area contributed by atoms with Gasteiger partial charge in [0.1, 0.15) is 5.02 Å². The maximum absolute atomic E-state index is 11.9. The van der Waals surface area contributed by atoms with Gasteiger partial charge in [-0.15, -0.1) is 0 Å². The lowest BCUT2D eigenvalue weighted by Crippen LogP contribution is -2.40. The quantitative estimate of drug-likeness (QED) is 0.869. The third kappa shape index (κ3) is 2.89. The summed E-state index contributed by atoms with van der Waals surface area (Å²) in [6, 6.07) is 0. The van der Waals surface area contributed by atoms with E-state index in [2.05, 4.69) is 10.2 Å². The first-order valence-corrected chi connectivity index (χ1v) is 6.57. The Hall–Kier alpha value is -1.56. The molecule has 1 N–H and O–H groups in total. The van der Waals surface area contributed by atoms with Crippen molar-refractivity contribution in [2.75, 3.05) is 32.1 Å². The lowest BCUT2D eigenvalue weighted by molar-refractivity contribution is -0.133. The molecule has 1 aliphatic heterocycles. The van der Waals surface area contributed by atoms with Crippen LogP contribution in [0.1, 0.15) is 12.8 Å². The van der Waals surface area contributed by atoms with Gasteiger partial charge in [-0.05, 0) is 12.8 Å². The Bertz CT molecular complexity index is 521. The van der Waals surface area contributed by atoms with Gasteiger partial charge in [-0.1, -0.05) is 11.6 Å². The van der Waals surface area contributed by atoms with Gasteiger partial charge in [0.2, 0.25) is 5.91 Å². The number of hydrogen-bond donors (Lipinski definition) is 1. The molecular weight excluding hydrogens is 268 g/mol. The standard InChI is InChI=1S/C12H17ClN4O2/c1-16(2)12(19)8-3-5-17(6-4-8)9-7-14-15-11(18)10(9)13/h7-8H,3-6H2,1-2H3,(H,15,18). The Kier molecular flexibility index (Phi) is 4.09. The van der Waals surface area contributed by atoms with Crippen molar-refractivity contribution in [2.24, 2.45) is 5.92 Å². The fourth-order valence-electron chi connectivity index (χ4n) is 2.33. The van der Waals surface area contributed by atoms with Crippen LogP contribution in [0.5, 0.6) is 0 Å². The fourth-order valence-corrected chi connectivity index (χ4v) is 2.54. The molecule has 0 aromatic carbocycles. The largest absolute Gasteiger partial charge is 0.369 e. The highest BCUT2D eigenvalue weighted by atomic mass is 35.5. The highest BCUT2D eigenvalue weighted by molar-refractivity contribution is 6.33. The molecule has 1 aromatic rings. The molecule has 0 atom stereocenters. The number of halogens is 1. The predicted molar refractivity (Wildman–Crippen MR) is 73.5 cm³/mol. The number of piperidine rings is 1. The van der Waals surface area contributed by atoms with Gasteiger partial charge < -0.3 is 9.80 Å². The molecular formula is C12H17ClN4O2. The van der Waals surface area contributed by atoms with Crippen LogP contribution in [0, 0.1) is 5.92 Å². The molecule has 7 heteroatoms. The number of amides is 1. The highest BCUT2D eigenvalue weighted by Gasteiger charge is 2.27. The number of nitrogens with one attached hydrogen (secondary N) is 1. The van der Waals surface area contributed by atoms with E-state index in [1.807, 2.05) is 4.90 Å². The van der Waals surface area contributed by atoms with E-state index in [1.54, 1.807) is 25.2 Å².